The highest BCUT2D eigenvalue weighted by Gasteiger charge is 2.39. The van der Waals surface area contributed by atoms with Crippen LogP contribution in [-0.4, -0.2) is 65.4 Å². The summed E-state index contributed by atoms with van der Waals surface area (Å²) in [5.41, 5.74) is 0. The SMILES string of the molecule is CNCCN1C(=O)CC[C@H]2CN(C(=O)CCn3cccc3)CC[C@H]21. The van der Waals surface area contributed by atoms with Crippen molar-refractivity contribution in [3.63, 3.8) is 0 Å². The lowest BCUT2D eigenvalue weighted by Gasteiger charge is -2.47. The van der Waals surface area contributed by atoms with Crippen LogP contribution < -0.4 is 5.32 Å². The fraction of sp³-hybridized carbons (Fsp3) is 0.667. The number of carbonyl (C=O) groups is 2. The first kappa shape index (κ1) is 17.0. The zero-order valence-electron chi connectivity index (χ0n) is 14.5. The summed E-state index contributed by atoms with van der Waals surface area (Å²) in [5, 5.41) is 3.13. The van der Waals surface area contributed by atoms with Gasteiger partial charge in [0, 0.05) is 64.0 Å². The molecule has 0 aliphatic carbocycles. The van der Waals surface area contributed by atoms with Gasteiger partial charge in [-0.1, -0.05) is 0 Å². The second kappa shape index (κ2) is 7.83. The van der Waals surface area contributed by atoms with Crippen molar-refractivity contribution in [1.29, 1.82) is 0 Å². The van der Waals surface area contributed by atoms with Crippen LogP contribution in [-0.2, 0) is 16.1 Å². The topological polar surface area (TPSA) is 57.6 Å². The highest BCUT2D eigenvalue weighted by molar-refractivity contribution is 5.78. The van der Waals surface area contributed by atoms with E-state index in [0.29, 0.717) is 24.8 Å². The number of rotatable bonds is 6. The first-order chi connectivity index (χ1) is 11.7. The molecule has 2 atom stereocenters. The summed E-state index contributed by atoms with van der Waals surface area (Å²) in [5.74, 6) is 0.948. The Morgan fingerprint density at radius 2 is 2.04 bits per heavy atom. The van der Waals surface area contributed by atoms with Crippen LogP contribution in [0.4, 0.5) is 0 Å². The predicted octanol–water partition coefficient (Wildman–Crippen LogP) is 0.937. The number of likely N-dealkylation sites (tertiary alicyclic amines) is 2. The van der Waals surface area contributed by atoms with Gasteiger partial charge in [0.15, 0.2) is 0 Å². The molecule has 24 heavy (non-hydrogen) atoms. The highest BCUT2D eigenvalue weighted by Crippen LogP contribution is 2.31. The van der Waals surface area contributed by atoms with Crippen LogP contribution in [0, 0.1) is 5.92 Å². The fourth-order valence-electron chi connectivity index (χ4n) is 4.00. The fourth-order valence-corrected chi connectivity index (χ4v) is 4.00. The van der Waals surface area contributed by atoms with Gasteiger partial charge in [0.25, 0.3) is 0 Å². The summed E-state index contributed by atoms with van der Waals surface area (Å²) in [6.45, 7) is 3.92. The van der Waals surface area contributed by atoms with Crippen molar-refractivity contribution >= 4 is 11.8 Å². The molecule has 1 aromatic rings. The van der Waals surface area contributed by atoms with Crippen molar-refractivity contribution in [3.8, 4) is 0 Å². The molecule has 2 aliphatic rings. The summed E-state index contributed by atoms with van der Waals surface area (Å²) in [6.07, 6.45) is 6.98. The second-order valence-corrected chi connectivity index (χ2v) is 6.86. The average Bonchev–Trinajstić information content (AvgIpc) is 3.12. The van der Waals surface area contributed by atoms with Gasteiger partial charge in [0.1, 0.15) is 0 Å². The van der Waals surface area contributed by atoms with Crippen molar-refractivity contribution in [2.45, 2.75) is 38.3 Å². The van der Waals surface area contributed by atoms with Crippen molar-refractivity contribution in [2.75, 3.05) is 33.2 Å². The summed E-state index contributed by atoms with van der Waals surface area (Å²) < 4.78 is 2.05. The Balaban J connectivity index is 1.54. The van der Waals surface area contributed by atoms with E-state index >= 15 is 0 Å². The van der Waals surface area contributed by atoms with E-state index in [9.17, 15) is 9.59 Å². The molecule has 2 fully saturated rings. The lowest BCUT2D eigenvalue weighted by Crippen LogP contribution is -2.57. The third-order valence-electron chi connectivity index (χ3n) is 5.35. The van der Waals surface area contributed by atoms with Crippen LogP contribution in [0.5, 0.6) is 0 Å². The van der Waals surface area contributed by atoms with Gasteiger partial charge in [-0.15, -0.1) is 0 Å². The molecule has 0 aromatic carbocycles. The molecule has 2 amide bonds. The van der Waals surface area contributed by atoms with Gasteiger partial charge in [-0.2, -0.15) is 0 Å². The maximum atomic E-state index is 12.5. The summed E-state index contributed by atoms with van der Waals surface area (Å²) >= 11 is 0. The minimum Gasteiger partial charge on any atom is -0.354 e. The Hall–Kier alpha value is -1.82. The van der Waals surface area contributed by atoms with Gasteiger partial charge >= 0.3 is 0 Å². The van der Waals surface area contributed by atoms with E-state index in [1.807, 2.05) is 45.9 Å². The van der Waals surface area contributed by atoms with Crippen LogP contribution in [0.25, 0.3) is 0 Å². The molecule has 0 unspecified atom stereocenters. The normalized spacial score (nSPS) is 24.1. The van der Waals surface area contributed by atoms with Gasteiger partial charge in [-0.25, -0.2) is 0 Å². The number of fused-ring (bicyclic) bond motifs is 1. The Morgan fingerprint density at radius 1 is 1.25 bits per heavy atom. The first-order valence-corrected chi connectivity index (χ1v) is 9.01. The summed E-state index contributed by atoms with van der Waals surface area (Å²) in [4.78, 5) is 28.8. The number of hydrogen-bond donors (Lipinski definition) is 1. The molecule has 132 valence electrons. The van der Waals surface area contributed by atoms with Gasteiger partial charge in [-0.05, 0) is 37.9 Å². The molecule has 1 N–H and O–H groups in total. The first-order valence-electron chi connectivity index (χ1n) is 9.01. The van der Waals surface area contributed by atoms with E-state index in [0.717, 1.165) is 45.6 Å². The molecule has 2 aliphatic heterocycles. The zero-order valence-corrected chi connectivity index (χ0v) is 14.5. The number of likely N-dealkylation sites (N-methyl/N-ethyl adjacent to an activating group) is 1. The molecule has 0 saturated carbocycles. The quantitative estimate of drug-likeness (QED) is 0.843. The van der Waals surface area contributed by atoms with Gasteiger partial charge in [0.2, 0.25) is 11.8 Å². The van der Waals surface area contributed by atoms with E-state index < -0.39 is 0 Å². The Labute approximate surface area is 143 Å². The smallest absolute Gasteiger partial charge is 0.224 e. The van der Waals surface area contributed by atoms with E-state index in [-0.39, 0.29) is 11.8 Å². The van der Waals surface area contributed by atoms with Crippen LogP contribution in [0.1, 0.15) is 25.7 Å². The Kier molecular flexibility index (Phi) is 5.56. The molecule has 6 heteroatoms. The second-order valence-electron chi connectivity index (χ2n) is 6.86. The third kappa shape index (κ3) is 3.80. The highest BCUT2D eigenvalue weighted by atomic mass is 16.2. The number of amides is 2. The number of nitrogens with zero attached hydrogens (tertiary/aromatic N) is 3. The van der Waals surface area contributed by atoms with Crippen molar-refractivity contribution < 1.29 is 9.59 Å². The molecule has 3 rings (SSSR count). The lowest BCUT2D eigenvalue weighted by molar-refractivity contribution is -0.144. The van der Waals surface area contributed by atoms with Crippen LogP contribution in [0.2, 0.25) is 0 Å². The standard InChI is InChI=1S/C18H28N4O2/c1-19-8-13-22-16-6-12-21(14-15(16)4-5-18(22)24)17(23)7-11-20-9-2-3-10-20/h2-3,9-10,15-16,19H,4-8,11-14H2,1H3/t15-,16+/m0/s1. The van der Waals surface area contributed by atoms with E-state index in [2.05, 4.69) is 5.32 Å². The maximum absolute atomic E-state index is 12.5. The average molecular weight is 332 g/mol. The Morgan fingerprint density at radius 3 is 2.79 bits per heavy atom. The number of nitrogens with one attached hydrogen (secondary N) is 1. The lowest BCUT2D eigenvalue weighted by atomic mass is 9.83. The largest absolute Gasteiger partial charge is 0.354 e. The summed E-state index contributed by atoms with van der Waals surface area (Å²) in [6, 6.07) is 4.27. The molecular formula is C18H28N4O2. The van der Waals surface area contributed by atoms with Gasteiger partial charge in [0.05, 0.1) is 0 Å². The van der Waals surface area contributed by atoms with Gasteiger partial charge < -0.3 is 19.7 Å². The molecule has 6 nitrogen and oxygen atoms in total. The number of hydrogen-bond acceptors (Lipinski definition) is 3. The molecular weight excluding hydrogens is 304 g/mol. The molecule has 0 radical (unpaired) electrons. The van der Waals surface area contributed by atoms with Crippen molar-refractivity contribution in [2.24, 2.45) is 5.92 Å². The number of aromatic nitrogens is 1. The molecule has 3 heterocycles. The minimum absolute atomic E-state index is 0.237. The predicted molar refractivity (Wildman–Crippen MR) is 92.4 cm³/mol. The van der Waals surface area contributed by atoms with Gasteiger partial charge in [-0.3, -0.25) is 9.59 Å². The van der Waals surface area contributed by atoms with E-state index in [1.165, 1.54) is 0 Å². The van der Waals surface area contributed by atoms with E-state index in [1.54, 1.807) is 0 Å². The van der Waals surface area contributed by atoms with Crippen LogP contribution >= 0.6 is 0 Å². The zero-order chi connectivity index (χ0) is 16.9. The van der Waals surface area contributed by atoms with Crippen molar-refractivity contribution in [1.82, 2.24) is 19.7 Å². The monoisotopic (exact) mass is 332 g/mol. The van der Waals surface area contributed by atoms with Crippen molar-refractivity contribution in [3.05, 3.63) is 24.5 Å². The Bertz CT molecular complexity index is 557. The number of carbonyl (C=O) groups excluding carboxylic acids is 2. The van der Waals surface area contributed by atoms with E-state index in [4.69, 9.17) is 0 Å². The molecule has 2 saturated heterocycles. The maximum Gasteiger partial charge on any atom is 0.224 e. The molecule has 0 bridgehead atoms. The number of piperidine rings is 2. The van der Waals surface area contributed by atoms with Crippen LogP contribution in [0.3, 0.4) is 0 Å². The molecule has 0 spiro atoms. The number of aryl methyl sites for hydroxylation is 1. The van der Waals surface area contributed by atoms with Crippen LogP contribution in [0.15, 0.2) is 24.5 Å². The molecule has 1 aromatic heterocycles. The summed E-state index contributed by atoms with van der Waals surface area (Å²) in [7, 11) is 1.91. The minimum atomic E-state index is 0.237. The third-order valence-corrected chi connectivity index (χ3v) is 5.35.